The molecule has 0 unspecified atom stereocenters. The van der Waals surface area contributed by atoms with Gasteiger partial charge >= 0.3 is 11.9 Å². The number of ketones is 2. The van der Waals surface area contributed by atoms with Crippen molar-refractivity contribution in [2.75, 3.05) is 25.0 Å². The van der Waals surface area contributed by atoms with Gasteiger partial charge in [0.2, 0.25) is 11.6 Å². The van der Waals surface area contributed by atoms with E-state index < -0.39 is 23.5 Å². The Morgan fingerprint density at radius 2 is 1.05 bits per heavy atom. The summed E-state index contributed by atoms with van der Waals surface area (Å²) in [4.78, 5) is 52.2. The fourth-order valence-corrected chi connectivity index (χ4v) is 4.96. The smallest absolute Gasteiger partial charge is 0.342 e. The Morgan fingerprint density at radius 3 is 1.44 bits per heavy atom. The fourth-order valence-electron chi connectivity index (χ4n) is 3.66. The molecule has 0 radical (unpaired) electrons. The minimum absolute atomic E-state index is 0. The second-order valence-electron chi connectivity index (χ2n) is 8.66. The van der Waals surface area contributed by atoms with Crippen LogP contribution in [0.3, 0.4) is 0 Å². The molecular formula is C32H28N2NiO6S2. The molecule has 0 saturated carbocycles. The Kier molecular flexibility index (Phi) is 13.9. The van der Waals surface area contributed by atoms with Gasteiger partial charge in [-0.1, -0.05) is 72.1 Å². The molecule has 2 N–H and O–H groups in total. The van der Waals surface area contributed by atoms with Crippen LogP contribution < -0.4 is 10.6 Å². The molecule has 0 aliphatic heterocycles. The molecule has 2 aromatic carbocycles. The summed E-state index contributed by atoms with van der Waals surface area (Å²) in [5.74, 6) is -2.02. The van der Waals surface area contributed by atoms with Gasteiger partial charge in [-0.2, -0.15) is 0 Å². The fraction of sp³-hybridized carbons (Fsp3) is 0.125. The summed E-state index contributed by atoms with van der Waals surface area (Å²) in [7, 11) is 0. The van der Waals surface area contributed by atoms with Crippen molar-refractivity contribution in [1.29, 1.82) is 0 Å². The van der Waals surface area contributed by atoms with Gasteiger partial charge in [-0.25, -0.2) is 9.59 Å². The van der Waals surface area contributed by atoms with Crippen LogP contribution in [0.4, 0.5) is 0 Å². The average molecular weight is 659 g/mol. The van der Waals surface area contributed by atoms with E-state index in [1.165, 1.54) is 48.1 Å². The molecule has 0 fully saturated rings. The molecule has 0 bridgehead atoms. The van der Waals surface area contributed by atoms with Gasteiger partial charge in [0.1, 0.15) is 23.0 Å². The van der Waals surface area contributed by atoms with Crippen LogP contribution >= 0.6 is 23.5 Å². The zero-order valence-electron chi connectivity index (χ0n) is 22.8. The number of hydrogen-bond acceptors (Lipinski definition) is 10. The van der Waals surface area contributed by atoms with Crippen LogP contribution in [0.2, 0.25) is 0 Å². The summed E-state index contributed by atoms with van der Waals surface area (Å²) in [5.41, 5.74) is 0.571. The molecule has 11 heteroatoms. The Bertz CT molecular complexity index is 1380. The Labute approximate surface area is 268 Å². The summed E-state index contributed by atoms with van der Waals surface area (Å²) in [6.45, 7) is 0.843. The van der Waals surface area contributed by atoms with Crippen LogP contribution in [-0.4, -0.2) is 48.5 Å². The maximum atomic E-state index is 12.7. The van der Waals surface area contributed by atoms with Gasteiger partial charge in [0.05, 0.1) is 0 Å². The molecule has 224 valence electrons. The number of benzene rings is 2. The van der Waals surface area contributed by atoms with Crippen molar-refractivity contribution < 1.29 is 45.1 Å². The summed E-state index contributed by atoms with van der Waals surface area (Å²) < 4.78 is 10.5. The molecule has 43 heavy (non-hydrogen) atoms. The monoisotopic (exact) mass is 658 g/mol. The van der Waals surface area contributed by atoms with Crippen molar-refractivity contribution in [3.63, 3.8) is 0 Å². The number of hydrogen-bond donors (Lipinski definition) is 2. The van der Waals surface area contributed by atoms with E-state index in [0.29, 0.717) is 24.2 Å². The first-order valence-corrected chi connectivity index (χ1v) is 14.9. The Balaban J connectivity index is 0.00000506. The van der Waals surface area contributed by atoms with Crippen LogP contribution in [0.5, 0.6) is 0 Å². The van der Waals surface area contributed by atoms with E-state index >= 15 is 0 Å². The third-order valence-corrected chi connectivity index (χ3v) is 7.46. The minimum atomic E-state index is -0.676. The normalized spacial score (nSPS) is 15.8. The standard InChI is InChI=1S/C32H28N2O6S2.Ni/c35-29-23(9-7-15-27(29)31(37)39-21-41-25-11-3-1-4-12-25)19-33-17-18-34-20-24-10-8-16-28(30(24)36)32(38)40-22-42-26-13-5-2-6-14-26;/h1-16,19-20,33-34H,17-18,21-22H2;/b23-19-,24-20-;. The van der Waals surface area contributed by atoms with Crippen molar-refractivity contribution in [3.8, 4) is 0 Å². The number of Topliss-reactive ketones (excluding diaryl/α,β-unsaturated/α-hetero) is 2. The first-order chi connectivity index (χ1) is 20.5. The third-order valence-electron chi connectivity index (χ3n) is 5.78. The van der Waals surface area contributed by atoms with E-state index in [9.17, 15) is 19.2 Å². The number of carbonyl (C=O) groups excluding carboxylic acids is 4. The van der Waals surface area contributed by atoms with Crippen molar-refractivity contribution in [1.82, 2.24) is 10.6 Å². The number of carbonyl (C=O) groups is 4. The van der Waals surface area contributed by atoms with E-state index in [1.54, 1.807) is 24.3 Å². The first kappa shape index (κ1) is 33.5. The van der Waals surface area contributed by atoms with Gasteiger partial charge < -0.3 is 20.1 Å². The number of rotatable bonds is 13. The second kappa shape index (κ2) is 17.8. The summed E-state index contributed by atoms with van der Waals surface area (Å²) >= 11 is 2.72. The molecule has 0 saturated heterocycles. The number of ether oxygens (including phenoxy) is 2. The van der Waals surface area contributed by atoms with Crippen LogP contribution in [0.15, 0.2) is 142 Å². The summed E-state index contributed by atoms with van der Waals surface area (Å²) in [6, 6.07) is 19.0. The van der Waals surface area contributed by atoms with E-state index in [1.807, 2.05) is 60.7 Å². The van der Waals surface area contributed by atoms with Crippen molar-refractivity contribution >= 4 is 47.0 Å². The van der Waals surface area contributed by atoms with Crippen LogP contribution in [-0.2, 0) is 45.1 Å². The first-order valence-electron chi connectivity index (χ1n) is 13.0. The average Bonchev–Trinajstić information content (AvgIpc) is 3.01. The maximum absolute atomic E-state index is 12.7. The molecule has 0 spiro atoms. The van der Waals surface area contributed by atoms with Gasteiger partial charge in [0.25, 0.3) is 0 Å². The molecule has 8 nitrogen and oxygen atoms in total. The van der Waals surface area contributed by atoms with Crippen molar-refractivity contribution in [2.45, 2.75) is 9.79 Å². The quantitative estimate of drug-likeness (QED) is 0.0600. The predicted molar refractivity (Wildman–Crippen MR) is 163 cm³/mol. The summed E-state index contributed by atoms with van der Waals surface area (Å²) in [5, 5.41) is 6.04. The minimum Gasteiger partial charge on any atom is -0.451 e. The summed E-state index contributed by atoms with van der Waals surface area (Å²) in [6.07, 6.45) is 12.4. The number of esters is 2. The van der Waals surface area contributed by atoms with Gasteiger partial charge in [-0.15, -0.1) is 0 Å². The second-order valence-corrected chi connectivity index (χ2v) is 10.7. The van der Waals surface area contributed by atoms with E-state index in [4.69, 9.17) is 9.47 Å². The molecule has 0 heterocycles. The molecule has 2 aromatic rings. The van der Waals surface area contributed by atoms with Gasteiger partial charge in [-0.3, -0.25) is 9.59 Å². The Morgan fingerprint density at radius 1 is 0.651 bits per heavy atom. The Hall–Kier alpha value is -4.05. The number of allylic oxidation sites excluding steroid dienone is 8. The maximum Gasteiger partial charge on any atom is 0.342 e. The molecule has 2 aliphatic rings. The largest absolute Gasteiger partial charge is 0.451 e. The third kappa shape index (κ3) is 10.3. The van der Waals surface area contributed by atoms with Gasteiger partial charge in [-0.05, 0) is 48.6 Å². The van der Waals surface area contributed by atoms with Crippen LogP contribution in [0.1, 0.15) is 0 Å². The molecule has 0 aromatic heterocycles. The number of nitrogens with one attached hydrogen (secondary N) is 2. The van der Waals surface area contributed by atoms with Crippen molar-refractivity contribution in [3.05, 3.63) is 132 Å². The van der Waals surface area contributed by atoms with Crippen LogP contribution in [0, 0.1) is 0 Å². The molecule has 0 atom stereocenters. The topological polar surface area (TPSA) is 111 Å². The molecule has 0 amide bonds. The molecular weight excluding hydrogens is 631 g/mol. The SMILES string of the molecule is O=C(OCSc1ccccc1)C1=CC=C/C(=C/NCCN/C=C2/C=CC=C(C(=O)OCSc3ccccc3)C2=O)C1=O.[Ni]. The van der Waals surface area contributed by atoms with Gasteiger partial charge in [0, 0.05) is 62.9 Å². The molecule has 4 rings (SSSR count). The van der Waals surface area contributed by atoms with Crippen LogP contribution in [0.25, 0.3) is 0 Å². The van der Waals surface area contributed by atoms with E-state index in [2.05, 4.69) is 10.6 Å². The van der Waals surface area contributed by atoms with Gasteiger partial charge in [0.15, 0.2) is 0 Å². The zero-order valence-corrected chi connectivity index (χ0v) is 25.4. The molecule has 2 aliphatic carbocycles. The van der Waals surface area contributed by atoms with E-state index in [-0.39, 0.29) is 39.5 Å². The number of thioether (sulfide) groups is 2. The van der Waals surface area contributed by atoms with E-state index in [0.717, 1.165) is 9.79 Å². The predicted octanol–water partition coefficient (Wildman–Crippen LogP) is 4.65. The van der Waals surface area contributed by atoms with Crippen molar-refractivity contribution in [2.24, 2.45) is 0 Å². The zero-order chi connectivity index (χ0) is 29.6.